The molecule has 0 saturated heterocycles. The van der Waals surface area contributed by atoms with Crippen molar-refractivity contribution in [2.45, 2.75) is 26.2 Å². The Labute approximate surface area is 92.0 Å². The van der Waals surface area contributed by atoms with Gasteiger partial charge in [0.05, 0.1) is 13.0 Å². The second-order valence-corrected chi connectivity index (χ2v) is 3.68. The van der Waals surface area contributed by atoms with E-state index in [1.807, 2.05) is 32.1 Å². The van der Waals surface area contributed by atoms with Gasteiger partial charge in [0.2, 0.25) is 0 Å². The van der Waals surface area contributed by atoms with E-state index in [2.05, 4.69) is 6.92 Å². The van der Waals surface area contributed by atoms with E-state index in [0.717, 1.165) is 23.9 Å². The van der Waals surface area contributed by atoms with Crippen molar-refractivity contribution in [3.8, 4) is 0 Å². The summed E-state index contributed by atoms with van der Waals surface area (Å²) in [5, 5.41) is 0. The highest BCUT2D eigenvalue weighted by Gasteiger charge is 2.05. The fraction of sp³-hybridized carbons (Fsp3) is 0.417. The summed E-state index contributed by atoms with van der Waals surface area (Å²) in [4.78, 5) is 11.4. The molecule has 0 N–H and O–H groups in total. The van der Waals surface area contributed by atoms with Crippen molar-refractivity contribution >= 4 is 19.3 Å². The van der Waals surface area contributed by atoms with Gasteiger partial charge in [-0.2, -0.15) is 0 Å². The first-order valence-electron chi connectivity index (χ1n) is 5.44. The van der Waals surface area contributed by atoms with Crippen molar-refractivity contribution in [1.82, 2.24) is 0 Å². The van der Waals surface area contributed by atoms with Gasteiger partial charge in [0, 0.05) is 0 Å². The predicted octanol–water partition coefficient (Wildman–Crippen LogP) is 0.831. The summed E-state index contributed by atoms with van der Waals surface area (Å²) in [5.41, 5.74) is 2.20. The summed E-state index contributed by atoms with van der Waals surface area (Å²) in [5.74, 6) is -0.127. The molecule has 0 fully saturated rings. The molecule has 0 amide bonds. The molecule has 0 saturated carbocycles. The van der Waals surface area contributed by atoms with Crippen LogP contribution < -0.4 is 5.46 Å². The zero-order valence-corrected chi connectivity index (χ0v) is 9.45. The summed E-state index contributed by atoms with van der Waals surface area (Å²) < 4.78 is 5.10. The molecule has 0 radical (unpaired) electrons. The third kappa shape index (κ3) is 4.19. The zero-order chi connectivity index (χ0) is 11.1. The fourth-order valence-electron chi connectivity index (χ4n) is 1.35. The van der Waals surface area contributed by atoms with Crippen LogP contribution in [0.2, 0.25) is 0 Å². The molecular formula is C12H17BO2. The number of carbonyl (C=O) groups excluding carboxylic acids is 1. The van der Waals surface area contributed by atoms with Crippen LogP contribution in [0.15, 0.2) is 24.3 Å². The van der Waals surface area contributed by atoms with E-state index in [1.54, 1.807) is 0 Å². The number of hydrogen-bond acceptors (Lipinski definition) is 2. The minimum atomic E-state index is -0.127. The average Bonchev–Trinajstić information content (AvgIpc) is 2.22. The van der Waals surface area contributed by atoms with Crippen LogP contribution in [-0.2, 0) is 16.0 Å². The molecule has 80 valence electrons. The first-order valence-corrected chi connectivity index (χ1v) is 5.44. The Morgan fingerprint density at radius 1 is 1.40 bits per heavy atom. The van der Waals surface area contributed by atoms with Crippen LogP contribution in [0.1, 0.15) is 25.3 Å². The highest BCUT2D eigenvalue weighted by molar-refractivity contribution is 6.33. The number of ether oxygens (including phenoxy) is 1. The fourth-order valence-corrected chi connectivity index (χ4v) is 1.35. The molecule has 0 bridgehead atoms. The average molecular weight is 204 g/mol. The van der Waals surface area contributed by atoms with Crippen molar-refractivity contribution in [3.05, 3.63) is 29.8 Å². The van der Waals surface area contributed by atoms with Gasteiger partial charge in [0.1, 0.15) is 7.85 Å². The molecule has 3 heteroatoms. The summed E-state index contributed by atoms with van der Waals surface area (Å²) in [6.45, 7) is 2.62. The van der Waals surface area contributed by atoms with Crippen LogP contribution in [0, 0.1) is 0 Å². The lowest BCUT2D eigenvalue weighted by atomic mass is 9.89. The molecule has 2 nitrogen and oxygen atoms in total. The van der Waals surface area contributed by atoms with Gasteiger partial charge in [0.15, 0.2) is 0 Å². The lowest BCUT2D eigenvalue weighted by Gasteiger charge is -2.06. The topological polar surface area (TPSA) is 26.3 Å². The van der Waals surface area contributed by atoms with Gasteiger partial charge in [-0.15, -0.1) is 0 Å². The second kappa shape index (κ2) is 6.28. The van der Waals surface area contributed by atoms with E-state index in [-0.39, 0.29) is 5.97 Å². The Balaban J connectivity index is 2.41. The maximum absolute atomic E-state index is 11.4. The minimum absolute atomic E-state index is 0.127. The molecule has 0 unspecified atom stereocenters. The minimum Gasteiger partial charge on any atom is -0.465 e. The largest absolute Gasteiger partial charge is 0.465 e. The van der Waals surface area contributed by atoms with E-state index in [4.69, 9.17) is 4.74 Å². The van der Waals surface area contributed by atoms with Crippen LogP contribution >= 0.6 is 0 Å². The van der Waals surface area contributed by atoms with Gasteiger partial charge in [-0.25, -0.2) is 0 Å². The summed E-state index contributed by atoms with van der Waals surface area (Å²) in [7, 11) is 2.01. The highest BCUT2D eigenvalue weighted by atomic mass is 16.5. The van der Waals surface area contributed by atoms with Gasteiger partial charge in [-0.1, -0.05) is 43.1 Å². The second-order valence-electron chi connectivity index (χ2n) is 3.68. The standard InChI is InChI=1S/C12H17BO2/c1-2-3-8-15-12(14)9-10-6-4-5-7-11(10)13/h4-7H,2-3,8-9,13H2,1H3. The summed E-state index contributed by atoms with van der Waals surface area (Å²) in [6, 6.07) is 7.90. The third-order valence-electron chi connectivity index (χ3n) is 2.36. The van der Waals surface area contributed by atoms with Crippen molar-refractivity contribution < 1.29 is 9.53 Å². The quantitative estimate of drug-likeness (QED) is 0.403. The number of unbranched alkanes of at least 4 members (excludes halogenated alkanes) is 1. The van der Waals surface area contributed by atoms with Crippen molar-refractivity contribution in [3.63, 3.8) is 0 Å². The first kappa shape index (κ1) is 11.8. The van der Waals surface area contributed by atoms with Crippen LogP contribution in [0.25, 0.3) is 0 Å². The van der Waals surface area contributed by atoms with Gasteiger partial charge in [-0.3, -0.25) is 4.79 Å². The van der Waals surface area contributed by atoms with Crippen LogP contribution in [0.4, 0.5) is 0 Å². The smallest absolute Gasteiger partial charge is 0.310 e. The molecule has 1 rings (SSSR count). The van der Waals surface area contributed by atoms with E-state index < -0.39 is 0 Å². The lowest BCUT2D eigenvalue weighted by molar-refractivity contribution is -0.142. The van der Waals surface area contributed by atoms with Gasteiger partial charge in [0.25, 0.3) is 0 Å². The van der Waals surface area contributed by atoms with E-state index in [1.165, 1.54) is 0 Å². The Hall–Kier alpha value is -1.25. The molecule has 1 aromatic rings. The third-order valence-corrected chi connectivity index (χ3v) is 2.36. The highest BCUT2D eigenvalue weighted by Crippen LogP contribution is 1.98. The summed E-state index contributed by atoms with van der Waals surface area (Å²) in [6.07, 6.45) is 2.38. The van der Waals surface area contributed by atoms with E-state index in [0.29, 0.717) is 13.0 Å². The Morgan fingerprint density at radius 2 is 2.13 bits per heavy atom. The van der Waals surface area contributed by atoms with Gasteiger partial charge < -0.3 is 4.74 Å². The molecule has 0 atom stereocenters. The number of carbonyl (C=O) groups is 1. The molecule has 0 aromatic heterocycles. The molecule has 1 aromatic carbocycles. The number of benzene rings is 1. The number of hydrogen-bond donors (Lipinski definition) is 0. The molecule has 0 aliphatic carbocycles. The number of rotatable bonds is 5. The number of esters is 1. The molecule has 0 aliphatic heterocycles. The van der Waals surface area contributed by atoms with Crippen molar-refractivity contribution in [2.24, 2.45) is 0 Å². The molecule has 0 heterocycles. The maximum Gasteiger partial charge on any atom is 0.310 e. The normalized spacial score (nSPS) is 9.93. The van der Waals surface area contributed by atoms with Crippen molar-refractivity contribution in [1.29, 1.82) is 0 Å². The SMILES string of the molecule is Bc1ccccc1CC(=O)OCCCC. The monoisotopic (exact) mass is 204 g/mol. The first-order chi connectivity index (χ1) is 7.24. The molecule has 15 heavy (non-hydrogen) atoms. The van der Waals surface area contributed by atoms with E-state index in [9.17, 15) is 4.79 Å². The Kier molecular flexibility index (Phi) is 4.95. The molecule has 0 spiro atoms. The van der Waals surface area contributed by atoms with Crippen molar-refractivity contribution in [2.75, 3.05) is 6.61 Å². The van der Waals surface area contributed by atoms with E-state index >= 15 is 0 Å². The summed E-state index contributed by atoms with van der Waals surface area (Å²) >= 11 is 0. The van der Waals surface area contributed by atoms with Crippen LogP contribution in [0.5, 0.6) is 0 Å². The zero-order valence-electron chi connectivity index (χ0n) is 9.45. The molecular weight excluding hydrogens is 187 g/mol. The maximum atomic E-state index is 11.4. The Morgan fingerprint density at radius 3 is 2.80 bits per heavy atom. The van der Waals surface area contributed by atoms with Gasteiger partial charge >= 0.3 is 5.97 Å². The molecule has 0 aliphatic rings. The van der Waals surface area contributed by atoms with Crippen LogP contribution in [-0.4, -0.2) is 20.4 Å². The van der Waals surface area contributed by atoms with Crippen LogP contribution in [0.3, 0.4) is 0 Å². The lowest BCUT2D eigenvalue weighted by Crippen LogP contribution is -2.16. The Bertz CT molecular complexity index is 323. The predicted molar refractivity (Wildman–Crippen MR) is 64.2 cm³/mol. The van der Waals surface area contributed by atoms with Gasteiger partial charge in [-0.05, 0) is 12.0 Å².